The van der Waals surface area contributed by atoms with Gasteiger partial charge in [-0.1, -0.05) is 6.07 Å². The first kappa shape index (κ1) is 12.9. The second-order valence-corrected chi connectivity index (χ2v) is 4.49. The fourth-order valence-electron chi connectivity index (χ4n) is 2.19. The van der Waals surface area contributed by atoms with E-state index < -0.39 is 0 Å². The third-order valence-electron chi connectivity index (χ3n) is 3.28. The van der Waals surface area contributed by atoms with E-state index in [0.717, 1.165) is 37.2 Å². The summed E-state index contributed by atoms with van der Waals surface area (Å²) in [5, 5.41) is 3.34. The summed E-state index contributed by atoms with van der Waals surface area (Å²) in [5.74, 6) is -0.298. The average molecular weight is 249 g/mol. The number of esters is 1. The predicted molar refractivity (Wildman–Crippen MR) is 70.0 cm³/mol. The molecule has 1 saturated heterocycles. The Morgan fingerprint density at radius 3 is 3.06 bits per heavy atom. The maximum absolute atomic E-state index is 11.6. The molecule has 1 fully saturated rings. The number of hydrogen-bond acceptors (Lipinski definition) is 4. The van der Waals surface area contributed by atoms with Gasteiger partial charge in [-0.05, 0) is 37.5 Å². The van der Waals surface area contributed by atoms with Gasteiger partial charge in [-0.25, -0.2) is 4.79 Å². The van der Waals surface area contributed by atoms with Gasteiger partial charge in [0, 0.05) is 18.8 Å². The molecule has 1 aliphatic heterocycles. The second kappa shape index (κ2) is 5.87. The van der Waals surface area contributed by atoms with E-state index in [-0.39, 0.29) is 12.1 Å². The van der Waals surface area contributed by atoms with Crippen molar-refractivity contribution in [3.05, 3.63) is 29.3 Å². The first-order valence-corrected chi connectivity index (χ1v) is 6.25. The second-order valence-electron chi connectivity index (χ2n) is 4.49. The summed E-state index contributed by atoms with van der Waals surface area (Å²) in [6.45, 7) is 3.56. The van der Waals surface area contributed by atoms with Crippen LogP contribution < -0.4 is 5.32 Å². The Morgan fingerprint density at radius 2 is 2.39 bits per heavy atom. The number of anilines is 1. The molecule has 1 heterocycles. The van der Waals surface area contributed by atoms with Crippen LogP contribution in [0.5, 0.6) is 0 Å². The molecule has 1 N–H and O–H groups in total. The first-order valence-electron chi connectivity index (χ1n) is 6.25. The van der Waals surface area contributed by atoms with Gasteiger partial charge in [0.05, 0.1) is 18.8 Å². The van der Waals surface area contributed by atoms with Crippen LogP contribution in [0.15, 0.2) is 18.2 Å². The van der Waals surface area contributed by atoms with Crippen molar-refractivity contribution in [2.45, 2.75) is 25.9 Å². The van der Waals surface area contributed by atoms with Crippen LogP contribution in [-0.2, 0) is 9.47 Å². The summed E-state index contributed by atoms with van der Waals surface area (Å²) in [4.78, 5) is 11.6. The minimum absolute atomic E-state index is 0.284. The molecule has 1 unspecified atom stereocenters. The summed E-state index contributed by atoms with van der Waals surface area (Å²) in [7, 11) is 1.40. The van der Waals surface area contributed by atoms with Crippen LogP contribution in [0.1, 0.15) is 28.8 Å². The Balaban J connectivity index is 2.05. The van der Waals surface area contributed by atoms with Crippen molar-refractivity contribution in [2.24, 2.45) is 0 Å². The van der Waals surface area contributed by atoms with E-state index in [2.05, 4.69) is 5.32 Å². The SMILES string of the molecule is COC(=O)c1cccc(NCC2CCCO2)c1C. The van der Waals surface area contributed by atoms with Gasteiger partial charge in [0.15, 0.2) is 0 Å². The largest absolute Gasteiger partial charge is 0.465 e. The summed E-state index contributed by atoms with van der Waals surface area (Å²) in [5.41, 5.74) is 2.49. The van der Waals surface area contributed by atoms with Gasteiger partial charge in [-0.15, -0.1) is 0 Å². The number of methoxy groups -OCH3 is 1. The molecule has 18 heavy (non-hydrogen) atoms. The van der Waals surface area contributed by atoms with Gasteiger partial charge in [0.25, 0.3) is 0 Å². The molecule has 1 atom stereocenters. The molecule has 2 rings (SSSR count). The molecule has 1 aliphatic rings. The Hall–Kier alpha value is -1.55. The molecule has 0 aliphatic carbocycles. The summed E-state index contributed by atoms with van der Waals surface area (Å²) >= 11 is 0. The van der Waals surface area contributed by atoms with Crippen molar-refractivity contribution in [3.63, 3.8) is 0 Å². The van der Waals surface area contributed by atoms with Crippen molar-refractivity contribution in [3.8, 4) is 0 Å². The molecule has 4 nitrogen and oxygen atoms in total. The van der Waals surface area contributed by atoms with Crippen LogP contribution in [0, 0.1) is 6.92 Å². The summed E-state index contributed by atoms with van der Waals surface area (Å²) in [6.07, 6.45) is 2.52. The summed E-state index contributed by atoms with van der Waals surface area (Å²) in [6, 6.07) is 5.60. The monoisotopic (exact) mass is 249 g/mol. The number of nitrogens with one attached hydrogen (secondary N) is 1. The molecule has 98 valence electrons. The highest BCUT2D eigenvalue weighted by molar-refractivity contribution is 5.92. The fourth-order valence-corrected chi connectivity index (χ4v) is 2.19. The van der Waals surface area contributed by atoms with Crippen LogP contribution in [0.4, 0.5) is 5.69 Å². The van der Waals surface area contributed by atoms with Crippen LogP contribution in [0.3, 0.4) is 0 Å². The third-order valence-corrected chi connectivity index (χ3v) is 3.28. The van der Waals surface area contributed by atoms with Gasteiger partial charge in [0.2, 0.25) is 0 Å². The molecule has 4 heteroatoms. The Bertz CT molecular complexity index is 425. The summed E-state index contributed by atoms with van der Waals surface area (Å²) < 4.78 is 10.3. The quantitative estimate of drug-likeness (QED) is 0.832. The molecule has 0 amide bonds. The van der Waals surface area contributed by atoms with E-state index in [4.69, 9.17) is 9.47 Å². The zero-order valence-corrected chi connectivity index (χ0v) is 10.9. The van der Waals surface area contributed by atoms with Gasteiger partial charge >= 0.3 is 5.97 Å². The molecular weight excluding hydrogens is 230 g/mol. The minimum atomic E-state index is -0.298. The Labute approximate surface area is 107 Å². The van der Waals surface area contributed by atoms with E-state index in [0.29, 0.717) is 5.56 Å². The van der Waals surface area contributed by atoms with Crippen molar-refractivity contribution >= 4 is 11.7 Å². The standard InChI is InChI=1S/C14H19NO3/c1-10-12(14(16)17-2)6-3-7-13(10)15-9-11-5-4-8-18-11/h3,6-7,11,15H,4-5,8-9H2,1-2H3. The van der Waals surface area contributed by atoms with E-state index in [1.165, 1.54) is 7.11 Å². The number of hydrogen-bond donors (Lipinski definition) is 1. The number of ether oxygens (including phenoxy) is 2. The van der Waals surface area contributed by atoms with E-state index >= 15 is 0 Å². The van der Waals surface area contributed by atoms with Crippen LogP contribution in [-0.4, -0.2) is 32.3 Å². The molecule has 0 spiro atoms. The lowest BCUT2D eigenvalue weighted by atomic mass is 10.1. The smallest absolute Gasteiger partial charge is 0.338 e. The van der Waals surface area contributed by atoms with Crippen LogP contribution in [0.2, 0.25) is 0 Å². The van der Waals surface area contributed by atoms with Crippen LogP contribution >= 0.6 is 0 Å². The van der Waals surface area contributed by atoms with Crippen molar-refractivity contribution in [2.75, 3.05) is 25.6 Å². The Morgan fingerprint density at radius 1 is 1.56 bits per heavy atom. The number of carbonyl (C=O) groups is 1. The van der Waals surface area contributed by atoms with E-state index in [1.807, 2.05) is 19.1 Å². The molecule has 1 aromatic rings. The van der Waals surface area contributed by atoms with Gasteiger partial charge in [-0.3, -0.25) is 0 Å². The van der Waals surface area contributed by atoms with Gasteiger partial charge in [0.1, 0.15) is 0 Å². The highest BCUT2D eigenvalue weighted by Crippen LogP contribution is 2.21. The molecule has 0 bridgehead atoms. The average Bonchev–Trinajstić information content (AvgIpc) is 2.90. The maximum atomic E-state index is 11.6. The lowest BCUT2D eigenvalue weighted by Gasteiger charge is -2.15. The number of carbonyl (C=O) groups excluding carboxylic acids is 1. The van der Waals surface area contributed by atoms with E-state index in [1.54, 1.807) is 6.07 Å². The number of rotatable bonds is 4. The molecule has 0 radical (unpaired) electrons. The maximum Gasteiger partial charge on any atom is 0.338 e. The predicted octanol–water partition coefficient (Wildman–Crippen LogP) is 2.37. The van der Waals surface area contributed by atoms with Gasteiger partial charge < -0.3 is 14.8 Å². The lowest BCUT2D eigenvalue weighted by Crippen LogP contribution is -2.19. The molecule has 0 saturated carbocycles. The molecular formula is C14H19NO3. The minimum Gasteiger partial charge on any atom is -0.465 e. The zero-order chi connectivity index (χ0) is 13.0. The lowest BCUT2D eigenvalue weighted by molar-refractivity contribution is 0.0600. The molecule has 1 aromatic carbocycles. The van der Waals surface area contributed by atoms with Crippen molar-refractivity contribution < 1.29 is 14.3 Å². The van der Waals surface area contributed by atoms with Crippen molar-refractivity contribution in [1.82, 2.24) is 0 Å². The van der Waals surface area contributed by atoms with Crippen molar-refractivity contribution in [1.29, 1.82) is 0 Å². The van der Waals surface area contributed by atoms with E-state index in [9.17, 15) is 4.79 Å². The Kier molecular flexibility index (Phi) is 4.20. The normalized spacial score (nSPS) is 18.7. The fraction of sp³-hybridized carbons (Fsp3) is 0.500. The van der Waals surface area contributed by atoms with Crippen LogP contribution in [0.25, 0.3) is 0 Å². The van der Waals surface area contributed by atoms with Gasteiger partial charge in [-0.2, -0.15) is 0 Å². The molecule has 0 aromatic heterocycles. The zero-order valence-electron chi connectivity index (χ0n) is 10.9. The first-order chi connectivity index (χ1) is 8.72. The highest BCUT2D eigenvalue weighted by Gasteiger charge is 2.16. The third kappa shape index (κ3) is 2.82. The highest BCUT2D eigenvalue weighted by atomic mass is 16.5. The topological polar surface area (TPSA) is 47.6 Å². The number of benzene rings is 1.